The maximum Gasteiger partial charge on any atom is 0.220 e. The molecular formula is C56H109NO13. The van der Waals surface area contributed by atoms with Crippen molar-refractivity contribution in [2.75, 3.05) is 19.8 Å². The van der Waals surface area contributed by atoms with Gasteiger partial charge >= 0.3 is 0 Å². The number of carbonyl (C=O) groups excluding carboxylic acids is 1. The van der Waals surface area contributed by atoms with Crippen molar-refractivity contribution in [3.63, 3.8) is 0 Å². The fraction of sp³-hybridized carbons (Fsp3) is 0.982. The molecule has 14 nitrogen and oxygen atoms in total. The number of rotatable bonds is 47. The summed E-state index contributed by atoms with van der Waals surface area (Å²) in [4.78, 5) is 13.3. The Kier molecular flexibility index (Phi) is 40.2. The molecule has 2 aliphatic rings. The van der Waals surface area contributed by atoms with Crippen LogP contribution in [0.25, 0.3) is 0 Å². The lowest BCUT2D eigenvalue weighted by Crippen LogP contribution is -2.65. The summed E-state index contributed by atoms with van der Waals surface area (Å²) in [5, 5.41) is 87.1. The van der Waals surface area contributed by atoms with Crippen molar-refractivity contribution in [1.82, 2.24) is 5.32 Å². The minimum absolute atomic E-state index is 0.201. The number of aliphatic hydroxyl groups excluding tert-OH is 8. The van der Waals surface area contributed by atoms with Crippen molar-refractivity contribution in [3.8, 4) is 0 Å². The van der Waals surface area contributed by atoms with E-state index < -0.39 is 86.8 Å². The Morgan fingerprint density at radius 2 is 0.814 bits per heavy atom. The summed E-state index contributed by atoms with van der Waals surface area (Å²) in [7, 11) is 0. The van der Waals surface area contributed by atoms with Crippen molar-refractivity contribution in [2.45, 2.75) is 331 Å². The maximum absolute atomic E-state index is 13.3. The molecule has 2 fully saturated rings. The molecule has 2 aliphatic heterocycles. The Morgan fingerprint density at radius 3 is 1.21 bits per heavy atom. The van der Waals surface area contributed by atoms with Crippen LogP contribution >= 0.6 is 0 Å². The lowest BCUT2D eigenvalue weighted by molar-refractivity contribution is -0.359. The van der Waals surface area contributed by atoms with Crippen molar-refractivity contribution in [2.24, 2.45) is 0 Å². The Labute approximate surface area is 425 Å². The molecule has 1 amide bonds. The van der Waals surface area contributed by atoms with E-state index in [1.807, 2.05) is 0 Å². The van der Waals surface area contributed by atoms with Crippen LogP contribution in [0.1, 0.15) is 258 Å². The predicted octanol–water partition coefficient (Wildman–Crippen LogP) is 9.34. The molecule has 9 N–H and O–H groups in total. The number of carbonyl (C=O) groups is 1. The van der Waals surface area contributed by atoms with E-state index in [0.29, 0.717) is 12.8 Å². The molecule has 12 unspecified atom stereocenters. The fourth-order valence-corrected chi connectivity index (χ4v) is 10.1. The van der Waals surface area contributed by atoms with E-state index in [9.17, 15) is 45.6 Å². The van der Waals surface area contributed by atoms with E-state index >= 15 is 0 Å². The molecule has 0 bridgehead atoms. The Bertz CT molecular complexity index is 1180. The summed E-state index contributed by atoms with van der Waals surface area (Å²) >= 11 is 0. The Morgan fingerprint density at radius 1 is 0.457 bits per heavy atom. The molecule has 12 atom stereocenters. The summed E-state index contributed by atoms with van der Waals surface area (Å²) < 4.78 is 22.8. The molecule has 0 spiro atoms. The molecule has 2 heterocycles. The van der Waals surface area contributed by atoms with Gasteiger partial charge < -0.3 is 65.1 Å². The highest BCUT2D eigenvalue weighted by Crippen LogP contribution is 2.30. The van der Waals surface area contributed by atoms with E-state index in [0.717, 1.165) is 51.4 Å². The van der Waals surface area contributed by atoms with Gasteiger partial charge in [0.2, 0.25) is 5.91 Å². The summed E-state index contributed by atoms with van der Waals surface area (Å²) in [5.41, 5.74) is 0. The normalized spacial score (nSPS) is 25.9. The van der Waals surface area contributed by atoms with E-state index in [4.69, 9.17) is 18.9 Å². The van der Waals surface area contributed by atoms with Crippen LogP contribution in [-0.4, -0.2) is 140 Å². The minimum Gasteiger partial charge on any atom is -0.394 e. The Hall–Kier alpha value is -1.01. The average molecular weight is 1000 g/mol. The largest absolute Gasteiger partial charge is 0.394 e. The molecule has 416 valence electrons. The first-order valence-corrected chi connectivity index (χ1v) is 29.3. The van der Waals surface area contributed by atoms with E-state index in [-0.39, 0.29) is 12.5 Å². The highest BCUT2D eigenvalue weighted by molar-refractivity contribution is 5.76. The van der Waals surface area contributed by atoms with Crippen LogP contribution in [0, 0.1) is 0 Å². The highest BCUT2D eigenvalue weighted by atomic mass is 16.7. The second-order valence-corrected chi connectivity index (χ2v) is 21.1. The third-order valence-electron chi connectivity index (χ3n) is 14.8. The van der Waals surface area contributed by atoms with Crippen LogP contribution in [0.4, 0.5) is 0 Å². The van der Waals surface area contributed by atoms with Gasteiger partial charge in [0.15, 0.2) is 12.6 Å². The number of aliphatic hydroxyl groups is 8. The molecule has 14 heteroatoms. The molecule has 2 saturated heterocycles. The van der Waals surface area contributed by atoms with Crippen LogP contribution < -0.4 is 5.32 Å². The van der Waals surface area contributed by atoms with Gasteiger partial charge in [-0.15, -0.1) is 0 Å². The zero-order chi connectivity index (χ0) is 51.0. The minimum atomic E-state index is -1.78. The maximum atomic E-state index is 13.3. The topological polar surface area (TPSA) is 228 Å². The van der Waals surface area contributed by atoms with Crippen LogP contribution in [0.2, 0.25) is 0 Å². The first kappa shape index (κ1) is 65.1. The SMILES string of the molecule is CCCCCCCCCCCCCCCCCCCCCCCCC(=O)NC(COC1OC(CO)C(OC2OC(CO)C(O)C(O)C2O)C(O)C1O)C(O)CCCCCCCCCCCCCCCC. The molecule has 0 radical (unpaired) electrons. The zero-order valence-corrected chi connectivity index (χ0v) is 44.5. The number of unbranched alkanes of at least 4 members (excludes halogenated alkanes) is 34. The third kappa shape index (κ3) is 29.2. The molecular weight excluding hydrogens is 895 g/mol. The number of hydrogen-bond acceptors (Lipinski definition) is 13. The smallest absolute Gasteiger partial charge is 0.220 e. The molecule has 0 aromatic heterocycles. The number of nitrogens with one attached hydrogen (secondary N) is 1. The Balaban J connectivity index is 1.73. The monoisotopic (exact) mass is 1000 g/mol. The van der Waals surface area contributed by atoms with Crippen molar-refractivity contribution >= 4 is 5.91 Å². The van der Waals surface area contributed by atoms with Gasteiger partial charge in [0.1, 0.15) is 48.8 Å². The van der Waals surface area contributed by atoms with Gasteiger partial charge in [-0.25, -0.2) is 0 Å². The van der Waals surface area contributed by atoms with E-state index in [2.05, 4.69) is 19.2 Å². The van der Waals surface area contributed by atoms with Crippen molar-refractivity contribution < 1.29 is 64.6 Å². The molecule has 0 saturated carbocycles. The van der Waals surface area contributed by atoms with Gasteiger partial charge in [0.05, 0.1) is 32.0 Å². The number of amides is 1. The second kappa shape index (κ2) is 43.3. The molecule has 2 rings (SSSR count). The summed E-state index contributed by atoms with van der Waals surface area (Å²) in [5.74, 6) is -0.201. The second-order valence-electron chi connectivity index (χ2n) is 21.1. The van der Waals surface area contributed by atoms with Gasteiger partial charge in [-0.2, -0.15) is 0 Å². The average Bonchev–Trinajstić information content (AvgIpc) is 3.36. The van der Waals surface area contributed by atoms with E-state index in [1.165, 1.54) is 180 Å². The van der Waals surface area contributed by atoms with Crippen LogP contribution in [0.5, 0.6) is 0 Å². The number of hydrogen-bond donors (Lipinski definition) is 9. The van der Waals surface area contributed by atoms with Crippen molar-refractivity contribution in [3.05, 3.63) is 0 Å². The third-order valence-corrected chi connectivity index (χ3v) is 14.8. The first-order chi connectivity index (χ1) is 34.1. The van der Waals surface area contributed by atoms with Gasteiger partial charge in [-0.1, -0.05) is 239 Å². The van der Waals surface area contributed by atoms with Gasteiger partial charge in [-0.05, 0) is 12.8 Å². The lowest BCUT2D eigenvalue weighted by atomic mass is 9.97. The number of ether oxygens (including phenoxy) is 4. The van der Waals surface area contributed by atoms with E-state index in [1.54, 1.807) is 0 Å². The molecule has 0 aromatic carbocycles. The van der Waals surface area contributed by atoms with Crippen molar-refractivity contribution in [1.29, 1.82) is 0 Å². The summed E-state index contributed by atoms with van der Waals surface area (Å²) in [6, 6.07) is -0.821. The summed E-state index contributed by atoms with van der Waals surface area (Å²) in [6.45, 7) is 2.89. The standard InChI is InChI=1S/C56H109NO13/c1-3-5-7-9-11-13-15-17-19-20-21-22-23-24-25-26-28-30-32-34-36-38-40-48(61)57-44(45(60)39-37-35-33-31-29-27-18-16-14-12-10-8-6-4-2)43-67-55-53(66)51(64)54(47(42-59)69-55)70-56-52(65)50(63)49(62)46(41-58)68-56/h44-47,49-56,58-60,62-66H,3-43H2,1-2H3,(H,57,61). The predicted molar refractivity (Wildman–Crippen MR) is 277 cm³/mol. The zero-order valence-electron chi connectivity index (χ0n) is 44.5. The van der Waals surface area contributed by atoms with Gasteiger partial charge in [-0.3, -0.25) is 4.79 Å². The van der Waals surface area contributed by atoms with Crippen LogP contribution in [-0.2, 0) is 23.7 Å². The van der Waals surface area contributed by atoms with Crippen LogP contribution in [0.3, 0.4) is 0 Å². The molecule has 70 heavy (non-hydrogen) atoms. The van der Waals surface area contributed by atoms with Gasteiger partial charge in [0, 0.05) is 6.42 Å². The summed E-state index contributed by atoms with van der Waals surface area (Å²) in [6.07, 6.45) is 29.6. The molecule has 0 aromatic rings. The fourth-order valence-electron chi connectivity index (χ4n) is 10.1. The van der Waals surface area contributed by atoms with Crippen LogP contribution in [0.15, 0.2) is 0 Å². The quantitative estimate of drug-likeness (QED) is 0.0259. The first-order valence-electron chi connectivity index (χ1n) is 29.3. The highest BCUT2D eigenvalue weighted by Gasteiger charge is 2.51. The van der Waals surface area contributed by atoms with Gasteiger partial charge in [0.25, 0.3) is 0 Å². The molecule has 0 aliphatic carbocycles. The lowest BCUT2D eigenvalue weighted by Gasteiger charge is -2.46.